The topological polar surface area (TPSA) is 69.2 Å². The van der Waals surface area contributed by atoms with Crippen molar-refractivity contribution >= 4 is 23.1 Å². The Labute approximate surface area is 122 Å². The summed E-state index contributed by atoms with van der Waals surface area (Å²) in [5, 5.41) is 10.9. The van der Waals surface area contributed by atoms with Crippen molar-refractivity contribution in [2.24, 2.45) is 0 Å². The van der Waals surface area contributed by atoms with Gasteiger partial charge in [0.25, 0.3) is 5.69 Å². The second-order valence-corrected chi connectivity index (χ2v) is 5.65. The van der Waals surface area contributed by atoms with Gasteiger partial charge in [0.1, 0.15) is 0 Å². The van der Waals surface area contributed by atoms with E-state index in [0.29, 0.717) is 5.75 Å². The molecular formula is C15H16N2O2S. The van der Waals surface area contributed by atoms with Gasteiger partial charge in [-0.25, -0.2) is 0 Å². The van der Waals surface area contributed by atoms with Crippen molar-refractivity contribution in [3.63, 3.8) is 0 Å². The number of nitro benzene ring substituents is 1. The van der Waals surface area contributed by atoms with Crippen LogP contribution in [0.1, 0.15) is 16.7 Å². The van der Waals surface area contributed by atoms with Gasteiger partial charge >= 0.3 is 0 Å². The second kappa shape index (κ2) is 5.96. The van der Waals surface area contributed by atoms with Gasteiger partial charge < -0.3 is 5.73 Å². The number of nitro groups is 1. The first kappa shape index (κ1) is 14.4. The van der Waals surface area contributed by atoms with E-state index < -0.39 is 0 Å². The largest absolute Gasteiger partial charge is 0.399 e. The Morgan fingerprint density at radius 3 is 2.65 bits per heavy atom. The summed E-state index contributed by atoms with van der Waals surface area (Å²) < 4.78 is 0. The van der Waals surface area contributed by atoms with Crippen LogP contribution in [0.25, 0.3) is 0 Å². The molecule has 0 amide bonds. The van der Waals surface area contributed by atoms with Crippen LogP contribution in [-0.4, -0.2) is 4.92 Å². The van der Waals surface area contributed by atoms with Crippen LogP contribution in [0.4, 0.5) is 11.4 Å². The minimum atomic E-state index is -0.335. The van der Waals surface area contributed by atoms with Crippen molar-refractivity contribution in [2.75, 3.05) is 5.73 Å². The van der Waals surface area contributed by atoms with E-state index in [4.69, 9.17) is 5.73 Å². The van der Waals surface area contributed by atoms with E-state index in [-0.39, 0.29) is 10.6 Å². The summed E-state index contributed by atoms with van der Waals surface area (Å²) in [4.78, 5) is 11.7. The summed E-state index contributed by atoms with van der Waals surface area (Å²) in [5.41, 5.74) is 9.50. The quantitative estimate of drug-likeness (QED) is 0.398. The zero-order valence-electron chi connectivity index (χ0n) is 11.4. The van der Waals surface area contributed by atoms with Gasteiger partial charge in [-0.15, -0.1) is 11.8 Å². The molecule has 0 aromatic heterocycles. The van der Waals surface area contributed by atoms with Crippen LogP contribution < -0.4 is 5.73 Å². The van der Waals surface area contributed by atoms with Crippen molar-refractivity contribution in [3.8, 4) is 0 Å². The third kappa shape index (κ3) is 3.11. The monoisotopic (exact) mass is 288 g/mol. The first-order valence-electron chi connectivity index (χ1n) is 6.21. The molecule has 0 unspecified atom stereocenters. The molecule has 2 N–H and O–H groups in total. The Bertz CT molecular complexity index is 656. The molecule has 0 fully saturated rings. The summed E-state index contributed by atoms with van der Waals surface area (Å²) in [6.45, 7) is 3.81. The number of benzene rings is 2. The van der Waals surface area contributed by atoms with Crippen LogP contribution >= 0.6 is 11.8 Å². The van der Waals surface area contributed by atoms with Crippen molar-refractivity contribution in [1.82, 2.24) is 0 Å². The van der Waals surface area contributed by atoms with Gasteiger partial charge in [-0.3, -0.25) is 10.1 Å². The molecule has 0 aliphatic carbocycles. The van der Waals surface area contributed by atoms with E-state index in [1.807, 2.05) is 31.2 Å². The fourth-order valence-corrected chi connectivity index (χ4v) is 3.09. The van der Waals surface area contributed by atoms with E-state index in [0.717, 1.165) is 27.3 Å². The molecule has 0 aliphatic heterocycles. The molecule has 0 spiro atoms. The molecule has 20 heavy (non-hydrogen) atoms. The number of thioether (sulfide) groups is 1. The van der Waals surface area contributed by atoms with E-state index in [2.05, 4.69) is 0 Å². The Balaban J connectivity index is 2.19. The Hall–Kier alpha value is -2.01. The van der Waals surface area contributed by atoms with Crippen LogP contribution in [0.2, 0.25) is 0 Å². The molecule has 0 bridgehead atoms. The molecule has 2 aromatic rings. The maximum Gasteiger partial charge on any atom is 0.272 e. The van der Waals surface area contributed by atoms with Gasteiger partial charge in [0, 0.05) is 28.0 Å². The van der Waals surface area contributed by atoms with Crippen molar-refractivity contribution < 1.29 is 4.92 Å². The number of nitrogen functional groups attached to an aromatic ring is 1. The van der Waals surface area contributed by atoms with E-state index in [1.54, 1.807) is 24.8 Å². The average molecular weight is 288 g/mol. The number of hydrogen-bond donors (Lipinski definition) is 1. The molecule has 5 heteroatoms. The molecule has 104 valence electrons. The zero-order chi connectivity index (χ0) is 14.7. The molecule has 0 saturated heterocycles. The van der Waals surface area contributed by atoms with Crippen LogP contribution in [0, 0.1) is 24.0 Å². The first-order chi connectivity index (χ1) is 9.49. The molecule has 4 nitrogen and oxygen atoms in total. The lowest BCUT2D eigenvalue weighted by atomic mass is 10.1. The van der Waals surface area contributed by atoms with Crippen LogP contribution in [0.5, 0.6) is 0 Å². The van der Waals surface area contributed by atoms with Gasteiger partial charge in [-0.2, -0.15) is 0 Å². The molecular weight excluding hydrogens is 272 g/mol. The number of rotatable bonds is 4. The minimum absolute atomic E-state index is 0.178. The molecule has 0 atom stereocenters. The Morgan fingerprint density at radius 1 is 1.25 bits per heavy atom. The normalized spacial score (nSPS) is 10.5. The van der Waals surface area contributed by atoms with E-state index in [1.165, 1.54) is 6.07 Å². The van der Waals surface area contributed by atoms with Crippen molar-refractivity contribution in [1.29, 1.82) is 0 Å². The smallest absolute Gasteiger partial charge is 0.272 e. The van der Waals surface area contributed by atoms with Crippen molar-refractivity contribution in [2.45, 2.75) is 24.5 Å². The fraction of sp³-hybridized carbons (Fsp3) is 0.200. The molecule has 0 heterocycles. The van der Waals surface area contributed by atoms with Crippen LogP contribution in [0.15, 0.2) is 41.3 Å². The third-order valence-corrected chi connectivity index (χ3v) is 4.42. The average Bonchev–Trinajstić information content (AvgIpc) is 2.39. The maximum atomic E-state index is 10.9. The molecule has 2 aromatic carbocycles. The summed E-state index contributed by atoms with van der Waals surface area (Å²) >= 11 is 1.67. The molecule has 0 aliphatic rings. The summed E-state index contributed by atoms with van der Waals surface area (Å²) in [6.07, 6.45) is 0. The SMILES string of the molecule is Cc1cc(N)ccc1SCc1cccc([N+](=O)[O-])c1C. The van der Waals surface area contributed by atoms with Gasteiger partial charge in [0.2, 0.25) is 0 Å². The minimum Gasteiger partial charge on any atom is -0.399 e. The van der Waals surface area contributed by atoms with Gasteiger partial charge in [0.15, 0.2) is 0 Å². The molecule has 2 rings (SSSR count). The predicted molar refractivity (Wildman–Crippen MR) is 83.0 cm³/mol. The fourth-order valence-electron chi connectivity index (χ4n) is 2.01. The van der Waals surface area contributed by atoms with Gasteiger partial charge in [-0.1, -0.05) is 12.1 Å². The first-order valence-corrected chi connectivity index (χ1v) is 7.19. The van der Waals surface area contributed by atoms with Crippen LogP contribution in [0.3, 0.4) is 0 Å². The van der Waals surface area contributed by atoms with Gasteiger partial charge in [-0.05, 0) is 43.2 Å². The highest BCUT2D eigenvalue weighted by Gasteiger charge is 2.13. The van der Waals surface area contributed by atoms with E-state index in [9.17, 15) is 10.1 Å². The Morgan fingerprint density at radius 2 is 2.00 bits per heavy atom. The van der Waals surface area contributed by atoms with E-state index >= 15 is 0 Å². The van der Waals surface area contributed by atoms with Crippen LogP contribution in [-0.2, 0) is 5.75 Å². The number of anilines is 1. The van der Waals surface area contributed by atoms with Gasteiger partial charge in [0.05, 0.1) is 4.92 Å². The lowest BCUT2D eigenvalue weighted by molar-refractivity contribution is -0.385. The highest BCUT2D eigenvalue weighted by Crippen LogP contribution is 2.30. The number of aryl methyl sites for hydroxylation is 1. The number of nitrogens with two attached hydrogens (primary N) is 1. The third-order valence-electron chi connectivity index (χ3n) is 3.20. The Kier molecular flexibility index (Phi) is 4.29. The lowest BCUT2D eigenvalue weighted by Crippen LogP contribution is -1.95. The van der Waals surface area contributed by atoms with Crippen molar-refractivity contribution in [3.05, 3.63) is 63.2 Å². The maximum absolute atomic E-state index is 10.9. The highest BCUT2D eigenvalue weighted by molar-refractivity contribution is 7.98. The standard InChI is InChI=1S/C15H16N2O2S/c1-10-8-13(16)6-7-15(10)20-9-12-4-3-5-14(11(12)2)17(18)19/h3-8H,9,16H2,1-2H3. The predicted octanol–water partition coefficient (Wildman–Crippen LogP) is 4.09. The molecule has 0 radical (unpaired) electrons. The highest BCUT2D eigenvalue weighted by atomic mass is 32.2. The number of nitrogens with zero attached hydrogens (tertiary/aromatic N) is 1. The molecule has 0 saturated carbocycles. The summed E-state index contributed by atoms with van der Waals surface area (Å²) in [7, 11) is 0. The lowest BCUT2D eigenvalue weighted by Gasteiger charge is -2.08. The second-order valence-electron chi connectivity index (χ2n) is 4.63. The summed E-state index contributed by atoms with van der Waals surface area (Å²) in [6, 6.07) is 11.0. The number of hydrogen-bond acceptors (Lipinski definition) is 4. The summed E-state index contributed by atoms with van der Waals surface area (Å²) in [5.74, 6) is 0.707. The zero-order valence-corrected chi connectivity index (χ0v) is 12.2.